The number of nitrogens with two attached hydrogens (primary N) is 1. The smallest absolute Gasteiger partial charge is 0.250 e. The van der Waals surface area contributed by atoms with Crippen LogP contribution in [0.5, 0.6) is 11.5 Å². The van der Waals surface area contributed by atoms with Crippen LogP contribution in [0.3, 0.4) is 0 Å². The van der Waals surface area contributed by atoms with E-state index in [2.05, 4.69) is 10.3 Å². The number of anilines is 2. The third kappa shape index (κ3) is 4.65. The molecule has 0 unspecified atom stereocenters. The van der Waals surface area contributed by atoms with Gasteiger partial charge < -0.3 is 15.2 Å². The molecule has 0 aliphatic heterocycles. The molecule has 2 aromatic carbocycles. The minimum atomic E-state index is -0.265. The van der Waals surface area contributed by atoms with Gasteiger partial charge in [0.25, 0.3) is 0 Å². The van der Waals surface area contributed by atoms with Crippen LogP contribution >= 0.6 is 11.3 Å². The minimum Gasteiger partial charge on any atom is -0.493 e. The van der Waals surface area contributed by atoms with Gasteiger partial charge in [0.2, 0.25) is 5.91 Å². The molecule has 3 N–H and O–H groups in total. The highest BCUT2D eigenvalue weighted by Crippen LogP contribution is 2.28. The molecule has 6 nitrogen and oxygen atoms in total. The first-order valence-electron chi connectivity index (χ1n) is 8.11. The number of hydrogen-bond acceptors (Lipinski definition) is 6. The van der Waals surface area contributed by atoms with Gasteiger partial charge in [0.15, 0.2) is 16.6 Å². The van der Waals surface area contributed by atoms with Gasteiger partial charge in [-0.15, -0.1) is 11.3 Å². The number of hydrogen-bond donors (Lipinski definition) is 2. The van der Waals surface area contributed by atoms with Crippen molar-refractivity contribution in [2.24, 2.45) is 0 Å². The second-order valence-electron chi connectivity index (χ2n) is 5.60. The number of amides is 1. The highest BCUT2D eigenvalue weighted by molar-refractivity contribution is 7.14. The average Bonchev–Trinajstić information content (AvgIpc) is 3.14. The summed E-state index contributed by atoms with van der Waals surface area (Å²) < 4.78 is 10.5. The molecule has 7 heteroatoms. The third-order valence-electron chi connectivity index (χ3n) is 3.75. The van der Waals surface area contributed by atoms with Crippen LogP contribution in [0.15, 0.2) is 53.9 Å². The molecular weight excluding hydrogens is 362 g/mol. The quantitative estimate of drug-likeness (QED) is 0.497. The van der Waals surface area contributed by atoms with E-state index in [1.165, 1.54) is 17.4 Å². The maximum absolute atomic E-state index is 12.2. The van der Waals surface area contributed by atoms with E-state index < -0.39 is 0 Å². The molecule has 0 atom stereocenters. The van der Waals surface area contributed by atoms with Gasteiger partial charge in [-0.25, -0.2) is 4.98 Å². The fourth-order valence-electron chi connectivity index (χ4n) is 2.44. The van der Waals surface area contributed by atoms with Crippen molar-refractivity contribution in [1.82, 2.24) is 4.98 Å². The molecular formula is C20H19N3O3S. The number of aromatic nitrogens is 1. The van der Waals surface area contributed by atoms with Crippen LogP contribution in [0.25, 0.3) is 17.3 Å². The first-order valence-corrected chi connectivity index (χ1v) is 8.99. The lowest BCUT2D eigenvalue weighted by Crippen LogP contribution is -2.07. The summed E-state index contributed by atoms with van der Waals surface area (Å²) in [4.78, 5) is 16.6. The van der Waals surface area contributed by atoms with Crippen molar-refractivity contribution >= 4 is 34.1 Å². The summed E-state index contributed by atoms with van der Waals surface area (Å²) in [5.74, 6) is 0.973. The van der Waals surface area contributed by atoms with Gasteiger partial charge in [-0.05, 0) is 35.9 Å². The summed E-state index contributed by atoms with van der Waals surface area (Å²) in [5, 5.41) is 5.16. The maximum Gasteiger partial charge on any atom is 0.250 e. The summed E-state index contributed by atoms with van der Waals surface area (Å²) in [6.45, 7) is 0. The number of ether oxygens (including phenoxy) is 2. The number of carbonyl (C=O) groups is 1. The first kappa shape index (κ1) is 18.5. The average molecular weight is 381 g/mol. The van der Waals surface area contributed by atoms with Crippen LogP contribution in [0.1, 0.15) is 5.56 Å². The van der Waals surface area contributed by atoms with Crippen LogP contribution < -0.4 is 20.5 Å². The minimum absolute atomic E-state index is 0.265. The SMILES string of the molecule is COc1ccc(/C=C/C(=O)Nc2nc(-c3cccc(N)c3)cs2)cc1OC. The molecule has 1 aromatic heterocycles. The van der Waals surface area contributed by atoms with Crippen LogP contribution in [0.4, 0.5) is 10.8 Å². The Bertz CT molecular complexity index is 982. The standard InChI is InChI=1S/C20H19N3O3S/c1-25-17-8-6-13(10-18(17)26-2)7-9-19(24)23-20-22-16(12-27-20)14-4-3-5-15(21)11-14/h3-12H,21H2,1-2H3,(H,22,23,24)/b9-7+. The second-order valence-corrected chi connectivity index (χ2v) is 6.46. The van der Waals surface area contributed by atoms with E-state index >= 15 is 0 Å². The Labute approximate surface area is 161 Å². The molecule has 0 radical (unpaired) electrons. The summed E-state index contributed by atoms with van der Waals surface area (Å²) >= 11 is 1.36. The molecule has 0 aliphatic carbocycles. The largest absolute Gasteiger partial charge is 0.493 e. The lowest BCUT2D eigenvalue weighted by molar-refractivity contribution is -0.111. The van der Waals surface area contributed by atoms with E-state index in [9.17, 15) is 4.79 Å². The van der Waals surface area contributed by atoms with E-state index in [-0.39, 0.29) is 5.91 Å². The van der Waals surface area contributed by atoms with E-state index in [0.717, 1.165) is 16.8 Å². The Morgan fingerprint density at radius 2 is 1.96 bits per heavy atom. The molecule has 1 amide bonds. The van der Waals surface area contributed by atoms with Gasteiger partial charge in [0, 0.05) is 22.7 Å². The number of nitrogens with one attached hydrogen (secondary N) is 1. The van der Waals surface area contributed by atoms with Crippen LogP contribution in [-0.4, -0.2) is 25.1 Å². The van der Waals surface area contributed by atoms with Gasteiger partial charge in [0.1, 0.15) is 0 Å². The molecule has 0 aliphatic rings. The third-order valence-corrected chi connectivity index (χ3v) is 4.51. The summed E-state index contributed by atoms with van der Waals surface area (Å²) in [5.41, 5.74) is 8.97. The number of nitrogen functional groups attached to an aromatic ring is 1. The summed E-state index contributed by atoms with van der Waals surface area (Å²) in [6.07, 6.45) is 3.15. The Hall–Kier alpha value is -3.32. The van der Waals surface area contributed by atoms with Crippen LogP contribution in [0.2, 0.25) is 0 Å². The normalized spacial score (nSPS) is 10.7. The molecule has 3 rings (SSSR count). The van der Waals surface area contributed by atoms with E-state index in [1.807, 2.05) is 35.7 Å². The van der Waals surface area contributed by atoms with Gasteiger partial charge in [-0.1, -0.05) is 18.2 Å². The topological polar surface area (TPSA) is 86.5 Å². The van der Waals surface area contributed by atoms with Gasteiger partial charge in [0.05, 0.1) is 19.9 Å². The summed E-state index contributed by atoms with van der Waals surface area (Å²) in [6, 6.07) is 12.9. The van der Waals surface area contributed by atoms with Gasteiger partial charge >= 0.3 is 0 Å². The number of benzene rings is 2. The number of nitrogens with zero attached hydrogens (tertiary/aromatic N) is 1. The monoisotopic (exact) mass is 381 g/mol. The first-order chi connectivity index (χ1) is 13.1. The van der Waals surface area contributed by atoms with Crippen molar-refractivity contribution < 1.29 is 14.3 Å². The van der Waals surface area contributed by atoms with Crippen LogP contribution in [-0.2, 0) is 4.79 Å². The zero-order valence-corrected chi connectivity index (χ0v) is 15.7. The molecule has 3 aromatic rings. The highest BCUT2D eigenvalue weighted by atomic mass is 32.1. The van der Waals surface area contributed by atoms with Crippen molar-refractivity contribution in [2.45, 2.75) is 0 Å². The van der Waals surface area contributed by atoms with Crippen molar-refractivity contribution in [3.05, 3.63) is 59.5 Å². The zero-order valence-electron chi connectivity index (χ0n) is 14.9. The maximum atomic E-state index is 12.2. The Balaban J connectivity index is 1.67. The van der Waals surface area contributed by atoms with Crippen molar-refractivity contribution in [2.75, 3.05) is 25.3 Å². The Morgan fingerprint density at radius 3 is 2.70 bits per heavy atom. The lowest BCUT2D eigenvalue weighted by Gasteiger charge is -2.07. The number of carbonyl (C=O) groups excluding carboxylic acids is 1. The molecule has 27 heavy (non-hydrogen) atoms. The lowest BCUT2D eigenvalue weighted by atomic mass is 10.1. The predicted octanol–water partition coefficient (Wildman–Crippen LogP) is 4.06. The van der Waals surface area contributed by atoms with Crippen molar-refractivity contribution in [3.8, 4) is 22.8 Å². The zero-order chi connectivity index (χ0) is 19.2. The van der Waals surface area contributed by atoms with E-state index in [1.54, 1.807) is 32.4 Å². The highest BCUT2D eigenvalue weighted by Gasteiger charge is 2.07. The van der Waals surface area contributed by atoms with Crippen LogP contribution in [0, 0.1) is 0 Å². The molecule has 0 spiro atoms. The fourth-order valence-corrected chi connectivity index (χ4v) is 3.16. The van der Waals surface area contributed by atoms with E-state index in [0.29, 0.717) is 22.3 Å². The molecule has 0 bridgehead atoms. The Morgan fingerprint density at radius 1 is 1.15 bits per heavy atom. The molecule has 138 valence electrons. The van der Waals surface area contributed by atoms with E-state index in [4.69, 9.17) is 15.2 Å². The molecule has 0 saturated carbocycles. The van der Waals surface area contributed by atoms with Crippen molar-refractivity contribution in [3.63, 3.8) is 0 Å². The number of thiazole rings is 1. The van der Waals surface area contributed by atoms with Gasteiger partial charge in [-0.2, -0.15) is 0 Å². The molecule has 0 saturated heterocycles. The number of rotatable bonds is 6. The van der Waals surface area contributed by atoms with Gasteiger partial charge in [-0.3, -0.25) is 10.1 Å². The number of methoxy groups -OCH3 is 2. The second kappa shape index (κ2) is 8.37. The Kier molecular flexibility index (Phi) is 5.73. The molecule has 0 fully saturated rings. The fraction of sp³-hybridized carbons (Fsp3) is 0.100. The predicted molar refractivity (Wildman–Crippen MR) is 109 cm³/mol. The van der Waals surface area contributed by atoms with Crippen molar-refractivity contribution in [1.29, 1.82) is 0 Å². The molecule has 1 heterocycles. The summed E-state index contributed by atoms with van der Waals surface area (Å²) in [7, 11) is 3.14.